The molecule has 2 aromatic carbocycles. The van der Waals surface area contributed by atoms with Crippen LogP contribution in [0.4, 0.5) is 5.69 Å². The Kier molecular flexibility index (Phi) is 4.30. The van der Waals surface area contributed by atoms with Crippen LogP contribution < -0.4 is 10.7 Å². The molecule has 3 aromatic rings. The highest BCUT2D eigenvalue weighted by atomic mass is 32.1. The average molecular weight is 393 g/mol. The Balaban J connectivity index is 2.33. The number of thiol groups is 1. The molecule has 0 saturated carbocycles. The van der Waals surface area contributed by atoms with Gasteiger partial charge in [-0.2, -0.15) is 0 Å². The first-order chi connectivity index (χ1) is 12.2. The molecule has 0 radical (unpaired) electrons. The quantitative estimate of drug-likeness (QED) is 0.198. The highest BCUT2D eigenvalue weighted by Crippen LogP contribution is 2.42. The van der Waals surface area contributed by atoms with E-state index in [4.69, 9.17) is 16.6 Å². The van der Waals surface area contributed by atoms with E-state index < -0.39 is 34.2 Å². The van der Waals surface area contributed by atoms with Crippen LogP contribution in [0.3, 0.4) is 0 Å². The number of hydrogen-bond donors (Lipinski definition) is 7. The van der Waals surface area contributed by atoms with Gasteiger partial charge in [-0.3, -0.25) is 4.79 Å². The monoisotopic (exact) mass is 393 g/mol. The lowest BCUT2D eigenvalue weighted by Crippen LogP contribution is -2.06. The molecule has 3 rings (SSSR count). The smallest absolute Gasteiger partial charge is 0.238 e. The molecule has 0 fully saturated rings. The summed E-state index contributed by atoms with van der Waals surface area (Å²) >= 11 is 8.55. The molecule has 0 saturated heterocycles. The zero-order valence-electron chi connectivity index (χ0n) is 12.7. The van der Waals surface area contributed by atoms with Crippen LogP contribution in [0.25, 0.3) is 22.3 Å². The van der Waals surface area contributed by atoms with E-state index in [1.54, 1.807) is 0 Å². The van der Waals surface area contributed by atoms with Gasteiger partial charge in [-0.05, 0) is 18.2 Å². The van der Waals surface area contributed by atoms with E-state index >= 15 is 0 Å². The summed E-state index contributed by atoms with van der Waals surface area (Å²) in [5, 5.41) is 51.5. The summed E-state index contributed by atoms with van der Waals surface area (Å²) in [4.78, 5) is 12.5. The SMILES string of the molecule is O=c1c(O)c(-c2ccc(O)c(O)c2)oc2cc(O)c(NC(=S)S)c(O)c12. The van der Waals surface area contributed by atoms with Crippen molar-refractivity contribution in [3.05, 3.63) is 34.5 Å². The van der Waals surface area contributed by atoms with E-state index in [0.717, 1.165) is 18.2 Å². The number of hydrogen-bond acceptors (Lipinski definition) is 8. The standard InChI is InChI=1S/C16H11NO7S2/c18-6-2-1-5(3-7(6)19)15-14(23)13(22)10-9(24-15)4-8(20)11(12(10)21)17-16(25)26/h1-4,18-21,23H,(H2,17,25,26). The number of thiocarbonyl (C=S) groups is 1. The Hall–Kier alpha value is -3.11. The van der Waals surface area contributed by atoms with Gasteiger partial charge in [0.15, 0.2) is 23.0 Å². The van der Waals surface area contributed by atoms with E-state index in [9.17, 15) is 30.3 Å². The molecule has 0 amide bonds. The second-order valence-corrected chi connectivity index (χ2v) is 6.39. The van der Waals surface area contributed by atoms with Crippen LogP contribution >= 0.6 is 24.8 Å². The largest absolute Gasteiger partial charge is 0.505 e. The third kappa shape index (κ3) is 2.85. The first-order valence-electron chi connectivity index (χ1n) is 6.97. The summed E-state index contributed by atoms with van der Waals surface area (Å²) in [6, 6.07) is 4.57. The third-order valence-electron chi connectivity index (χ3n) is 3.58. The number of aromatic hydroxyl groups is 5. The van der Waals surface area contributed by atoms with E-state index in [2.05, 4.69) is 17.9 Å². The van der Waals surface area contributed by atoms with Crippen molar-refractivity contribution in [2.45, 2.75) is 0 Å². The van der Waals surface area contributed by atoms with Gasteiger partial charge in [-0.15, -0.1) is 12.6 Å². The maximum atomic E-state index is 12.5. The van der Waals surface area contributed by atoms with Crippen molar-refractivity contribution in [3.63, 3.8) is 0 Å². The fraction of sp³-hybridized carbons (Fsp3) is 0. The van der Waals surface area contributed by atoms with E-state index in [1.165, 1.54) is 6.07 Å². The summed E-state index contributed by atoms with van der Waals surface area (Å²) in [7, 11) is 0. The minimum Gasteiger partial charge on any atom is -0.505 e. The van der Waals surface area contributed by atoms with E-state index in [0.29, 0.717) is 0 Å². The minimum absolute atomic E-state index is 0.0697. The average Bonchev–Trinajstić information content (AvgIpc) is 2.57. The van der Waals surface area contributed by atoms with Crippen molar-refractivity contribution in [1.82, 2.24) is 0 Å². The number of phenolic OH excluding ortho intramolecular Hbond substituents is 4. The number of anilines is 1. The van der Waals surface area contributed by atoms with Gasteiger partial charge in [-0.1, -0.05) is 12.2 Å². The number of phenols is 4. The fourth-order valence-electron chi connectivity index (χ4n) is 2.40. The van der Waals surface area contributed by atoms with Crippen molar-refractivity contribution in [2.75, 3.05) is 5.32 Å². The molecular formula is C16H11NO7S2. The van der Waals surface area contributed by atoms with Crippen LogP contribution in [-0.4, -0.2) is 29.9 Å². The van der Waals surface area contributed by atoms with Gasteiger partial charge in [0.2, 0.25) is 11.2 Å². The number of benzene rings is 2. The molecule has 0 atom stereocenters. The molecule has 0 aliphatic carbocycles. The summed E-state index contributed by atoms with van der Waals surface area (Å²) in [6.45, 7) is 0. The Morgan fingerprint density at radius 3 is 2.31 bits per heavy atom. The van der Waals surface area contributed by atoms with Gasteiger partial charge in [0, 0.05) is 11.6 Å². The number of rotatable bonds is 2. The lowest BCUT2D eigenvalue weighted by Gasteiger charge is -2.12. The molecule has 134 valence electrons. The molecule has 26 heavy (non-hydrogen) atoms. The minimum atomic E-state index is -0.973. The Morgan fingerprint density at radius 1 is 1.00 bits per heavy atom. The Morgan fingerprint density at radius 2 is 1.69 bits per heavy atom. The molecule has 0 spiro atoms. The summed E-state index contributed by atoms with van der Waals surface area (Å²) in [5.41, 5.74) is -1.37. The van der Waals surface area contributed by atoms with Crippen LogP contribution in [0, 0.1) is 0 Å². The summed E-state index contributed by atoms with van der Waals surface area (Å²) < 4.78 is 5.36. The summed E-state index contributed by atoms with van der Waals surface area (Å²) in [6.07, 6.45) is 0. The van der Waals surface area contributed by atoms with Crippen molar-refractivity contribution < 1.29 is 29.9 Å². The van der Waals surface area contributed by atoms with Crippen LogP contribution in [0.15, 0.2) is 33.5 Å². The second-order valence-electron chi connectivity index (χ2n) is 5.23. The van der Waals surface area contributed by atoms with Crippen molar-refractivity contribution in [3.8, 4) is 40.1 Å². The van der Waals surface area contributed by atoms with Crippen LogP contribution in [-0.2, 0) is 0 Å². The predicted octanol–water partition coefficient (Wildman–Crippen LogP) is 2.61. The van der Waals surface area contributed by atoms with Crippen molar-refractivity contribution >= 4 is 45.8 Å². The van der Waals surface area contributed by atoms with Gasteiger partial charge < -0.3 is 35.3 Å². The van der Waals surface area contributed by atoms with Crippen molar-refractivity contribution in [1.29, 1.82) is 0 Å². The van der Waals surface area contributed by atoms with Gasteiger partial charge in [-0.25, -0.2) is 0 Å². The first-order valence-corrected chi connectivity index (χ1v) is 7.83. The number of nitrogens with one attached hydrogen (secondary N) is 1. The highest BCUT2D eigenvalue weighted by molar-refractivity contribution is 8.11. The second kappa shape index (κ2) is 6.32. The highest BCUT2D eigenvalue weighted by Gasteiger charge is 2.22. The van der Waals surface area contributed by atoms with Gasteiger partial charge in [0.1, 0.15) is 26.7 Å². The van der Waals surface area contributed by atoms with Gasteiger partial charge >= 0.3 is 0 Å². The zero-order valence-corrected chi connectivity index (χ0v) is 14.4. The molecule has 6 N–H and O–H groups in total. The summed E-state index contributed by atoms with van der Waals surface area (Å²) in [5.74, 6) is -3.19. The molecule has 0 aliphatic heterocycles. The molecule has 1 heterocycles. The molecule has 1 aromatic heterocycles. The maximum Gasteiger partial charge on any atom is 0.238 e. The van der Waals surface area contributed by atoms with Crippen LogP contribution in [0.1, 0.15) is 0 Å². The molecule has 10 heteroatoms. The Labute approximate surface area is 156 Å². The van der Waals surface area contributed by atoms with E-state index in [-0.39, 0.29) is 32.3 Å². The van der Waals surface area contributed by atoms with Crippen LogP contribution in [0.5, 0.6) is 28.7 Å². The van der Waals surface area contributed by atoms with E-state index in [1.807, 2.05) is 0 Å². The van der Waals surface area contributed by atoms with Crippen LogP contribution in [0.2, 0.25) is 0 Å². The molecule has 0 bridgehead atoms. The topological polar surface area (TPSA) is 143 Å². The predicted molar refractivity (Wildman–Crippen MR) is 101 cm³/mol. The third-order valence-corrected chi connectivity index (χ3v) is 3.80. The number of fused-ring (bicyclic) bond motifs is 1. The lowest BCUT2D eigenvalue weighted by molar-refractivity contribution is 0.403. The van der Waals surface area contributed by atoms with Crippen molar-refractivity contribution in [2.24, 2.45) is 0 Å². The van der Waals surface area contributed by atoms with Gasteiger partial charge in [0.05, 0.1) is 0 Å². The Bertz CT molecular complexity index is 1120. The maximum absolute atomic E-state index is 12.5. The molecular weight excluding hydrogens is 382 g/mol. The zero-order chi connectivity index (χ0) is 19.2. The molecule has 8 nitrogen and oxygen atoms in total. The lowest BCUT2D eigenvalue weighted by atomic mass is 10.1. The van der Waals surface area contributed by atoms with Gasteiger partial charge in [0.25, 0.3) is 0 Å². The fourth-order valence-corrected chi connectivity index (χ4v) is 2.62. The molecule has 0 unspecified atom stereocenters. The normalized spacial score (nSPS) is 10.8. The molecule has 0 aliphatic rings. The first kappa shape index (κ1) is 17.7.